The first-order valence-corrected chi connectivity index (χ1v) is 19.7. The maximum atomic E-state index is 16.1. The topological polar surface area (TPSA) is 79.5 Å². The van der Waals surface area contributed by atoms with E-state index in [1.807, 2.05) is 182 Å². The predicted octanol–water partition coefficient (Wildman–Crippen LogP) is 9.40. The van der Waals surface area contributed by atoms with Crippen LogP contribution in [0.2, 0.25) is 0 Å². The summed E-state index contributed by atoms with van der Waals surface area (Å²) in [5.74, 6) is -2.25. The van der Waals surface area contributed by atoms with Crippen LogP contribution >= 0.6 is 0 Å². The molecule has 0 atom stereocenters. The molecular weight excluding hydrogens is 752 g/mol. The van der Waals surface area contributed by atoms with Crippen molar-refractivity contribution in [3.63, 3.8) is 0 Å². The van der Waals surface area contributed by atoms with Gasteiger partial charge in [-0.05, 0) is 45.5 Å². The second-order valence-corrected chi connectivity index (χ2v) is 14.3. The minimum atomic E-state index is -1.36. The second-order valence-electron chi connectivity index (χ2n) is 14.3. The Balaban J connectivity index is 1.33. The summed E-state index contributed by atoms with van der Waals surface area (Å²) in [6.07, 6.45) is 0.849. The lowest BCUT2D eigenvalue weighted by Crippen LogP contribution is -2.48. The van der Waals surface area contributed by atoms with Gasteiger partial charge >= 0.3 is 5.69 Å². The molecule has 0 radical (unpaired) electrons. The number of hydrogen-bond donors (Lipinski definition) is 0. The standard InChI is InChI=1S/C52H41FN2O5/c53-47-36-54(50(58)55(49(47)57)48(56)39-22-8-1-9-23-39)46(37-59-51(40-24-10-2-11-25-40,41-26-12-3-13-27-41)42-28-14-4-15-29-42)38-60-52(43-30-16-5-17-31-43,44-32-18-6-19-33-44)45-34-20-7-21-35-45/h1-36,46H,37-38H2. The molecule has 0 saturated carbocycles. The Morgan fingerprint density at radius 3 is 1.05 bits per heavy atom. The molecule has 296 valence electrons. The lowest BCUT2D eigenvalue weighted by Gasteiger charge is -2.39. The maximum Gasteiger partial charge on any atom is 0.338 e. The number of carbonyl (C=O) groups excluding carboxylic acids is 1. The van der Waals surface area contributed by atoms with E-state index in [4.69, 9.17) is 9.47 Å². The van der Waals surface area contributed by atoms with Crippen molar-refractivity contribution < 1.29 is 18.7 Å². The molecule has 8 heteroatoms. The van der Waals surface area contributed by atoms with Gasteiger partial charge in [-0.15, -0.1) is 0 Å². The van der Waals surface area contributed by atoms with Crippen molar-refractivity contribution in [1.29, 1.82) is 0 Å². The Morgan fingerprint density at radius 1 is 0.467 bits per heavy atom. The zero-order chi connectivity index (χ0) is 41.4. The predicted molar refractivity (Wildman–Crippen MR) is 230 cm³/mol. The third-order valence-corrected chi connectivity index (χ3v) is 10.8. The molecular formula is C52H41FN2O5. The fourth-order valence-corrected chi connectivity index (χ4v) is 7.88. The van der Waals surface area contributed by atoms with Crippen LogP contribution in [0.25, 0.3) is 0 Å². The molecule has 0 fully saturated rings. The second kappa shape index (κ2) is 17.7. The smallest absolute Gasteiger partial charge is 0.338 e. The molecule has 0 aliphatic rings. The summed E-state index contributed by atoms with van der Waals surface area (Å²) in [5, 5.41) is 0. The summed E-state index contributed by atoms with van der Waals surface area (Å²) >= 11 is 0. The van der Waals surface area contributed by atoms with Gasteiger partial charge in [0.1, 0.15) is 11.2 Å². The van der Waals surface area contributed by atoms with Crippen LogP contribution in [-0.4, -0.2) is 28.3 Å². The van der Waals surface area contributed by atoms with Gasteiger partial charge in [-0.2, -0.15) is 8.96 Å². The van der Waals surface area contributed by atoms with Gasteiger partial charge in [0.05, 0.1) is 25.5 Å². The summed E-state index contributed by atoms with van der Waals surface area (Å²) in [4.78, 5) is 42.0. The molecule has 60 heavy (non-hydrogen) atoms. The summed E-state index contributed by atoms with van der Waals surface area (Å²) in [6, 6.07) is 65.1. The van der Waals surface area contributed by atoms with Crippen molar-refractivity contribution >= 4 is 5.91 Å². The van der Waals surface area contributed by atoms with Gasteiger partial charge in [0.25, 0.3) is 11.5 Å². The largest absolute Gasteiger partial charge is 0.359 e. The Bertz CT molecular complexity index is 2440. The van der Waals surface area contributed by atoms with Gasteiger partial charge in [0.2, 0.25) is 5.82 Å². The van der Waals surface area contributed by atoms with Crippen LogP contribution in [0.4, 0.5) is 4.39 Å². The molecule has 0 bridgehead atoms. The summed E-state index contributed by atoms with van der Waals surface area (Å²) < 4.78 is 32.0. The minimum absolute atomic E-state index is 0.0467. The molecule has 0 aliphatic heterocycles. The summed E-state index contributed by atoms with van der Waals surface area (Å²) in [7, 11) is 0. The number of hydrogen-bond acceptors (Lipinski definition) is 5. The van der Waals surface area contributed by atoms with E-state index in [1.54, 1.807) is 18.2 Å². The van der Waals surface area contributed by atoms with Crippen molar-refractivity contribution in [3.05, 3.63) is 284 Å². The van der Waals surface area contributed by atoms with Crippen LogP contribution in [-0.2, 0) is 20.7 Å². The van der Waals surface area contributed by atoms with Gasteiger partial charge in [-0.1, -0.05) is 200 Å². The van der Waals surface area contributed by atoms with Crippen molar-refractivity contribution in [1.82, 2.24) is 9.13 Å². The Hall–Kier alpha value is -7.26. The van der Waals surface area contributed by atoms with E-state index in [0.717, 1.165) is 44.1 Å². The quantitative estimate of drug-likeness (QED) is 0.103. The van der Waals surface area contributed by atoms with Gasteiger partial charge in [0, 0.05) is 5.56 Å². The molecule has 0 unspecified atom stereocenters. The monoisotopic (exact) mass is 792 g/mol. The molecule has 8 rings (SSSR count). The number of carbonyl (C=O) groups is 1. The Kier molecular flexibility index (Phi) is 11.7. The van der Waals surface area contributed by atoms with Crippen LogP contribution in [0, 0.1) is 5.82 Å². The molecule has 0 saturated heterocycles. The van der Waals surface area contributed by atoms with E-state index in [9.17, 15) is 14.4 Å². The van der Waals surface area contributed by atoms with E-state index in [-0.39, 0.29) is 18.8 Å². The molecule has 7 aromatic carbocycles. The first-order chi connectivity index (χ1) is 29.4. The molecule has 0 amide bonds. The normalized spacial score (nSPS) is 11.7. The Labute approximate surface area is 347 Å². The average molecular weight is 793 g/mol. The lowest BCUT2D eigenvalue weighted by atomic mass is 9.80. The van der Waals surface area contributed by atoms with Crippen LogP contribution in [0.15, 0.2) is 228 Å². The SMILES string of the molecule is O=C(c1ccccc1)n1c(=O)c(F)cn(C(COC(c2ccccc2)(c2ccccc2)c2ccccc2)COC(c2ccccc2)(c2ccccc2)c2ccccc2)c1=O. The molecule has 1 aromatic heterocycles. The molecule has 0 spiro atoms. The Morgan fingerprint density at radius 2 is 0.750 bits per heavy atom. The first-order valence-electron chi connectivity index (χ1n) is 19.7. The van der Waals surface area contributed by atoms with Gasteiger partial charge in [0.15, 0.2) is 0 Å². The zero-order valence-electron chi connectivity index (χ0n) is 32.6. The third-order valence-electron chi connectivity index (χ3n) is 10.8. The van der Waals surface area contributed by atoms with Crippen molar-refractivity contribution in [2.75, 3.05) is 13.2 Å². The fourth-order valence-electron chi connectivity index (χ4n) is 7.88. The third kappa shape index (κ3) is 7.57. The highest BCUT2D eigenvalue weighted by molar-refractivity contribution is 5.95. The number of ether oxygens (including phenoxy) is 2. The van der Waals surface area contributed by atoms with Crippen LogP contribution in [0.3, 0.4) is 0 Å². The summed E-state index contributed by atoms with van der Waals surface area (Å²) in [6.45, 7) is -0.492. The van der Waals surface area contributed by atoms with E-state index < -0.39 is 40.2 Å². The van der Waals surface area contributed by atoms with Gasteiger partial charge < -0.3 is 9.47 Å². The number of aromatic nitrogens is 2. The lowest BCUT2D eigenvalue weighted by molar-refractivity contribution is -0.0531. The zero-order valence-corrected chi connectivity index (χ0v) is 32.6. The highest BCUT2D eigenvalue weighted by Gasteiger charge is 2.41. The molecule has 7 nitrogen and oxygen atoms in total. The molecule has 0 aliphatic carbocycles. The van der Waals surface area contributed by atoms with Crippen molar-refractivity contribution in [2.45, 2.75) is 17.2 Å². The number of benzene rings is 7. The average Bonchev–Trinajstić information content (AvgIpc) is 3.32. The van der Waals surface area contributed by atoms with Crippen molar-refractivity contribution in [3.8, 4) is 0 Å². The van der Waals surface area contributed by atoms with Crippen LogP contribution in [0.1, 0.15) is 49.8 Å². The number of nitrogens with zero attached hydrogens (tertiary/aromatic N) is 2. The van der Waals surface area contributed by atoms with Crippen LogP contribution in [0.5, 0.6) is 0 Å². The van der Waals surface area contributed by atoms with Gasteiger partial charge in [-0.25, -0.2) is 4.79 Å². The first kappa shape index (κ1) is 39.6. The fraction of sp³-hybridized carbons (Fsp3) is 0.0962. The maximum absolute atomic E-state index is 16.1. The number of rotatable bonds is 14. The molecule has 1 heterocycles. The van der Waals surface area contributed by atoms with E-state index in [1.165, 1.54) is 12.1 Å². The highest BCUT2D eigenvalue weighted by Crippen LogP contribution is 2.43. The minimum Gasteiger partial charge on any atom is -0.359 e. The molecule has 0 N–H and O–H groups in total. The molecule has 8 aromatic rings. The number of halogens is 1. The van der Waals surface area contributed by atoms with E-state index in [2.05, 4.69) is 0 Å². The highest BCUT2D eigenvalue weighted by atomic mass is 19.1. The van der Waals surface area contributed by atoms with Gasteiger partial charge in [-0.3, -0.25) is 14.2 Å². The van der Waals surface area contributed by atoms with Crippen molar-refractivity contribution in [2.24, 2.45) is 0 Å². The van der Waals surface area contributed by atoms with Crippen LogP contribution < -0.4 is 11.2 Å². The van der Waals surface area contributed by atoms with E-state index in [0.29, 0.717) is 4.57 Å². The van der Waals surface area contributed by atoms with E-state index >= 15 is 4.39 Å². The summed E-state index contributed by atoms with van der Waals surface area (Å²) in [5.41, 5.74) is -0.0172.